The molecule has 0 radical (unpaired) electrons. The molecule has 5 heteroatoms. The van der Waals surface area contributed by atoms with Gasteiger partial charge in [0.15, 0.2) is 5.82 Å². The van der Waals surface area contributed by atoms with E-state index in [1.54, 1.807) is 13.0 Å². The summed E-state index contributed by atoms with van der Waals surface area (Å²) in [6.07, 6.45) is 0. The number of hydrogen-bond donors (Lipinski definition) is 0. The van der Waals surface area contributed by atoms with E-state index in [0.29, 0.717) is 10.2 Å². The van der Waals surface area contributed by atoms with Crippen LogP contribution in [0.5, 0.6) is 0 Å². The number of nitrogens with zero attached hydrogens (tertiary/aromatic N) is 1. The third-order valence-corrected chi connectivity index (χ3v) is 2.89. The van der Waals surface area contributed by atoms with Gasteiger partial charge in [0, 0.05) is 0 Å². The van der Waals surface area contributed by atoms with Crippen molar-refractivity contribution >= 4 is 27.5 Å². The molecule has 2 aromatic rings. The van der Waals surface area contributed by atoms with Crippen LogP contribution < -0.4 is 0 Å². The maximum absolute atomic E-state index is 13.5. The number of methoxy groups -OCH3 is 1. The van der Waals surface area contributed by atoms with Gasteiger partial charge in [-0.05, 0) is 19.1 Å². The SMILES string of the molecule is COC(=O)c1cc(F)c2nc(C)sc2c1. The lowest BCUT2D eigenvalue weighted by molar-refractivity contribution is 0.0600. The fourth-order valence-corrected chi connectivity index (χ4v) is 2.22. The Labute approximate surface area is 89.5 Å². The average molecular weight is 225 g/mol. The van der Waals surface area contributed by atoms with Crippen molar-refractivity contribution in [1.29, 1.82) is 0 Å². The largest absolute Gasteiger partial charge is 0.465 e. The second-order valence-corrected chi connectivity index (χ2v) is 4.26. The average Bonchev–Trinajstić information content (AvgIpc) is 2.58. The maximum Gasteiger partial charge on any atom is 0.338 e. The molecule has 0 saturated heterocycles. The first-order chi connectivity index (χ1) is 7.11. The number of fused-ring (bicyclic) bond motifs is 1. The molecule has 0 aliphatic heterocycles. The van der Waals surface area contributed by atoms with Crippen molar-refractivity contribution in [2.24, 2.45) is 0 Å². The Hall–Kier alpha value is -1.49. The number of halogens is 1. The number of ether oxygens (including phenoxy) is 1. The van der Waals surface area contributed by atoms with E-state index in [9.17, 15) is 9.18 Å². The summed E-state index contributed by atoms with van der Waals surface area (Å²) >= 11 is 1.35. The van der Waals surface area contributed by atoms with E-state index in [1.165, 1.54) is 18.4 Å². The first kappa shape index (κ1) is 10.0. The number of benzene rings is 1. The van der Waals surface area contributed by atoms with Crippen LogP contribution in [0.2, 0.25) is 0 Å². The van der Waals surface area contributed by atoms with Crippen LogP contribution in [0.4, 0.5) is 4.39 Å². The third-order valence-electron chi connectivity index (χ3n) is 1.98. The number of esters is 1. The van der Waals surface area contributed by atoms with Crippen molar-refractivity contribution in [3.63, 3.8) is 0 Å². The highest BCUT2D eigenvalue weighted by Gasteiger charge is 2.13. The van der Waals surface area contributed by atoms with E-state index in [2.05, 4.69) is 9.72 Å². The summed E-state index contributed by atoms with van der Waals surface area (Å²) in [6.45, 7) is 1.79. The Morgan fingerprint density at radius 1 is 1.53 bits per heavy atom. The van der Waals surface area contributed by atoms with Gasteiger partial charge in [0.25, 0.3) is 0 Å². The van der Waals surface area contributed by atoms with Crippen LogP contribution in [-0.2, 0) is 4.74 Å². The van der Waals surface area contributed by atoms with Gasteiger partial charge >= 0.3 is 5.97 Å². The molecule has 0 bridgehead atoms. The summed E-state index contributed by atoms with van der Waals surface area (Å²) in [7, 11) is 1.27. The normalized spacial score (nSPS) is 10.6. The summed E-state index contributed by atoms with van der Waals surface area (Å²) < 4.78 is 18.7. The highest BCUT2D eigenvalue weighted by atomic mass is 32.1. The maximum atomic E-state index is 13.5. The molecular formula is C10H8FNO2S. The number of rotatable bonds is 1. The van der Waals surface area contributed by atoms with E-state index >= 15 is 0 Å². The molecule has 0 unspecified atom stereocenters. The van der Waals surface area contributed by atoms with Crippen molar-refractivity contribution in [3.8, 4) is 0 Å². The standard InChI is InChI=1S/C10H8FNO2S/c1-5-12-9-7(11)3-6(10(13)14-2)4-8(9)15-5/h3-4H,1-2H3. The van der Waals surface area contributed by atoms with E-state index in [1.807, 2.05) is 0 Å². The molecule has 0 amide bonds. The minimum absolute atomic E-state index is 0.214. The molecular weight excluding hydrogens is 217 g/mol. The van der Waals surface area contributed by atoms with Crippen LogP contribution in [0, 0.1) is 12.7 Å². The second kappa shape index (κ2) is 3.58. The lowest BCUT2D eigenvalue weighted by Crippen LogP contribution is -2.01. The van der Waals surface area contributed by atoms with E-state index < -0.39 is 11.8 Å². The quantitative estimate of drug-likeness (QED) is 0.700. The van der Waals surface area contributed by atoms with E-state index in [4.69, 9.17) is 0 Å². The Morgan fingerprint density at radius 3 is 2.93 bits per heavy atom. The number of carbonyl (C=O) groups is 1. The number of aromatic nitrogens is 1. The van der Waals surface area contributed by atoms with Crippen molar-refractivity contribution in [2.45, 2.75) is 6.92 Å². The highest BCUT2D eigenvalue weighted by Crippen LogP contribution is 2.25. The van der Waals surface area contributed by atoms with Gasteiger partial charge in [-0.1, -0.05) is 0 Å². The van der Waals surface area contributed by atoms with E-state index in [-0.39, 0.29) is 5.56 Å². The zero-order valence-electron chi connectivity index (χ0n) is 8.20. The molecule has 0 fully saturated rings. The first-order valence-corrected chi connectivity index (χ1v) is 5.08. The molecule has 1 aromatic carbocycles. The van der Waals surface area contributed by atoms with Gasteiger partial charge < -0.3 is 4.74 Å². The molecule has 1 aromatic heterocycles. The highest BCUT2D eigenvalue weighted by molar-refractivity contribution is 7.18. The molecule has 1 heterocycles. The summed E-state index contributed by atoms with van der Waals surface area (Å²) in [5.74, 6) is -1.03. The van der Waals surface area contributed by atoms with Crippen LogP contribution in [0.3, 0.4) is 0 Å². The molecule has 0 aliphatic rings. The van der Waals surface area contributed by atoms with Gasteiger partial charge in [0.05, 0.1) is 22.4 Å². The molecule has 2 rings (SSSR count). The van der Waals surface area contributed by atoms with Gasteiger partial charge in [-0.15, -0.1) is 11.3 Å². The minimum atomic E-state index is -0.540. The van der Waals surface area contributed by atoms with Crippen LogP contribution in [0.25, 0.3) is 10.2 Å². The van der Waals surface area contributed by atoms with Gasteiger partial charge in [-0.25, -0.2) is 14.2 Å². The van der Waals surface area contributed by atoms with Crippen LogP contribution >= 0.6 is 11.3 Å². The van der Waals surface area contributed by atoms with Crippen molar-refractivity contribution in [3.05, 3.63) is 28.5 Å². The number of thiazole rings is 1. The summed E-state index contributed by atoms with van der Waals surface area (Å²) in [6, 6.07) is 2.74. The Morgan fingerprint density at radius 2 is 2.27 bits per heavy atom. The molecule has 78 valence electrons. The third kappa shape index (κ3) is 1.70. The lowest BCUT2D eigenvalue weighted by atomic mass is 10.2. The Kier molecular flexibility index (Phi) is 2.40. The first-order valence-electron chi connectivity index (χ1n) is 4.27. The summed E-state index contributed by atoms with van der Waals surface area (Å²) in [5.41, 5.74) is 0.524. The molecule has 0 atom stereocenters. The smallest absolute Gasteiger partial charge is 0.338 e. The van der Waals surface area contributed by atoms with Crippen LogP contribution in [0.15, 0.2) is 12.1 Å². The fraction of sp³-hybridized carbons (Fsp3) is 0.200. The number of aryl methyl sites for hydroxylation is 1. The van der Waals surface area contributed by atoms with Gasteiger partial charge in [0.2, 0.25) is 0 Å². The van der Waals surface area contributed by atoms with Crippen molar-refractivity contribution in [2.75, 3.05) is 7.11 Å². The zero-order valence-corrected chi connectivity index (χ0v) is 9.02. The van der Waals surface area contributed by atoms with Crippen LogP contribution in [0.1, 0.15) is 15.4 Å². The molecule has 0 N–H and O–H groups in total. The Bertz CT molecular complexity index is 535. The monoisotopic (exact) mass is 225 g/mol. The van der Waals surface area contributed by atoms with E-state index in [0.717, 1.165) is 11.1 Å². The summed E-state index contributed by atoms with van der Waals surface area (Å²) in [5, 5.41) is 0.769. The molecule has 0 spiro atoms. The van der Waals surface area contributed by atoms with Crippen molar-refractivity contribution < 1.29 is 13.9 Å². The fourth-order valence-electron chi connectivity index (χ4n) is 1.34. The number of carbonyl (C=O) groups excluding carboxylic acids is 1. The minimum Gasteiger partial charge on any atom is -0.465 e. The van der Waals surface area contributed by atoms with Gasteiger partial charge in [-0.3, -0.25) is 0 Å². The zero-order chi connectivity index (χ0) is 11.0. The predicted octanol–water partition coefficient (Wildman–Crippen LogP) is 2.53. The topological polar surface area (TPSA) is 39.2 Å². The van der Waals surface area contributed by atoms with Gasteiger partial charge in [0.1, 0.15) is 5.52 Å². The van der Waals surface area contributed by atoms with Gasteiger partial charge in [-0.2, -0.15) is 0 Å². The molecule has 0 saturated carbocycles. The summed E-state index contributed by atoms with van der Waals surface area (Å²) in [4.78, 5) is 15.2. The molecule has 15 heavy (non-hydrogen) atoms. The predicted molar refractivity (Wildman–Crippen MR) is 55.7 cm³/mol. The number of hydrogen-bond acceptors (Lipinski definition) is 4. The molecule has 3 nitrogen and oxygen atoms in total. The second-order valence-electron chi connectivity index (χ2n) is 3.03. The molecule has 0 aliphatic carbocycles. The lowest BCUT2D eigenvalue weighted by Gasteiger charge is -1.99. The van der Waals surface area contributed by atoms with Crippen LogP contribution in [-0.4, -0.2) is 18.1 Å². The Balaban J connectivity index is 2.66. The van der Waals surface area contributed by atoms with Crippen molar-refractivity contribution in [1.82, 2.24) is 4.98 Å².